The number of barbiturate groups is 1. The first-order valence-electron chi connectivity index (χ1n) is 9.43. The third kappa shape index (κ3) is 4.38. The van der Waals surface area contributed by atoms with Crippen molar-refractivity contribution in [2.75, 3.05) is 18.1 Å². The standard InChI is InChI=1S/C22H21BrN2O5/c1-4-29-18-11-14(17(23)12-19(18)30-5-2)10-16-20(26)24-22(28)25(21(16)27)15-8-6-13(3)7-9-15/h6-12H,4-5H2,1-3H3,(H,24,26,28)/b16-10+. The summed E-state index contributed by atoms with van der Waals surface area (Å²) in [5.41, 5.74) is 1.74. The molecule has 30 heavy (non-hydrogen) atoms. The second kappa shape index (κ2) is 9.13. The number of hydrogen-bond acceptors (Lipinski definition) is 5. The molecule has 0 aliphatic carbocycles. The lowest BCUT2D eigenvalue weighted by Gasteiger charge is -2.26. The van der Waals surface area contributed by atoms with Crippen molar-refractivity contribution in [1.29, 1.82) is 0 Å². The smallest absolute Gasteiger partial charge is 0.335 e. The average molecular weight is 473 g/mol. The minimum absolute atomic E-state index is 0.164. The average Bonchev–Trinajstić information content (AvgIpc) is 2.69. The highest BCUT2D eigenvalue weighted by Crippen LogP contribution is 2.35. The molecule has 1 aliphatic heterocycles. The normalized spacial score (nSPS) is 15.4. The molecule has 0 atom stereocenters. The van der Waals surface area contributed by atoms with E-state index in [9.17, 15) is 14.4 Å². The molecule has 2 aromatic carbocycles. The second-order valence-corrected chi connectivity index (χ2v) is 7.33. The highest BCUT2D eigenvalue weighted by molar-refractivity contribution is 9.10. The number of ether oxygens (including phenoxy) is 2. The molecule has 0 saturated carbocycles. The highest BCUT2D eigenvalue weighted by Gasteiger charge is 2.36. The Balaban J connectivity index is 2.03. The van der Waals surface area contributed by atoms with Crippen molar-refractivity contribution in [2.24, 2.45) is 0 Å². The maximum atomic E-state index is 13.0. The van der Waals surface area contributed by atoms with Gasteiger partial charge in [0.25, 0.3) is 11.8 Å². The summed E-state index contributed by atoms with van der Waals surface area (Å²) in [7, 11) is 0. The van der Waals surface area contributed by atoms with Gasteiger partial charge in [-0.3, -0.25) is 14.9 Å². The third-order valence-corrected chi connectivity index (χ3v) is 5.04. The zero-order chi connectivity index (χ0) is 21.8. The lowest BCUT2D eigenvalue weighted by molar-refractivity contribution is -0.122. The van der Waals surface area contributed by atoms with Crippen LogP contribution in [-0.2, 0) is 9.59 Å². The zero-order valence-electron chi connectivity index (χ0n) is 16.8. The summed E-state index contributed by atoms with van der Waals surface area (Å²) in [5, 5.41) is 2.22. The van der Waals surface area contributed by atoms with Gasteiger partial charge < -0.3 is 9.47 Å². The SMILES string of the molecule is CCOc1cc(Br)c(/C=C2\C(=O)NC(=O)N(c3ccc(C)cc3)C2=O)cc1OCC. The van der Waals surface area contributed by atoms with Crippen LogP contribution in [-0.4, -0.2) is 31.1 Å². The third-order valence-electron chi connectivity index (χ3n) is 4.36. The predicted molar refractivity (Wildman–Crippen MR) is 117 cm³/mol. The number of carbonyl (C=O) groups excluding carboxylic acids is 3. The quantitative estimate of drug-likeness (QED) is 0.502. The van der Waals surface area contributed by atoms with E-state index in [4.69, 9.17) is 9.47 Å². The first kappa shape index (κ1) is 21.6. The number of anilines is 1. The molecule has 1 saturated heterocycles. The maximum Gasteiger partial charge on any atom is 0.335 e. The number of carbonyl (C=O) groups is 3. The number of urea groups is 1. The monoisotopic (exact) mass is 472 g/mol. The summed E-state index contributed by atoms with van der Waals surface area (Å²) in [6.07, 6.45) is 1.42. The zero-order valence-corrected chi connectivity index (χ0v) is 18.4. The van der Waals surface area contributed by atoms with E-state index in [0.29, 0.717) is 40.4 Å². The fourth-order valence-corrected chi connectivity index (χ4v) is 3.38. The van der Waals surface area contributed by atoms with Crippen molar-refractivity contribution in [3.63, 3.8) is 0 Å². The summed E-state index contributed by atoms with van der Waals surface area (Å²) in [5.74, 6) is -0.424. The van der Waals surface area contributed by atoms with Gasteiger partial charge in [-0.15, -0.1) is 0 Å². The molecule has 2 aromatic rings. The molecule has 0 unspecified atom stereocenters. The van der Waals surface area contributed by atoms with Crippen LogP contribution in [0.1, 0.15) is 25.0 Å². The number of nitrogens with one attached hydrogen (secondary N) is 1. The van der Waals surface area contributed by atoms with E-state index in [1.165, 1.54) is 6.08 Å². The Hall–Kier alpha value is -3.13. The van der Waals surface area contributed by atoms with Crippen molar-refractivity contribution in [3.8, 4) is 11.5 Å². The van der Waals surface area contributed by atoms with Crippen molar-refractivity contribution < 1.29 is 23.9 Å². The summed E-state index contributed by atoms with van der Waals surface area (Å²) in [4.78, 5) is 38.7. The number of amides is 4. The Labute approximate surface area is 182 Å². The molecular weight excluding hydrogens is 452 g/mol. The van der Waals surface area contributed by atoms with Crippen molar-refractivity contribution in [2.45, 2.75) is 20.8 Å². The van der Waals surface area contributed by atoms with Crippen LogP contribution in [0.25, 0.3) is 6.08 Å². The lowest BCUT2D eigenvalue weighted by atomic mass is 10.1. The molecule has 3 rings (SSSR count). The molecule has 4 amide bonds. The maximum absolute atomic E-state index is 13.0. The van der Waals surface area contributed by atoms with Crippen LogP contribution in [0, 0.1) is 6.92 Å². The van der Waals surface area contributed by atoms with E-state index in [0.717, 1.165) is 10.5 Å². The largest absolute Gasteiger partial charge is 0.490 e. The summed E-state index contributed by atoms with van der Waals surface area (Å²) in [6, 6.07) is 9.49. The summed E-state index contributed by atoms with van der Waals surface area (Å²) in [6.45, 7) is 6.49. The number of aryl methyl sites for hydroxylation is 1. The van der Waals surface area contributed by atoms with Gasteiger partial charge in [0, 0.05) is 4.47 Å². The molecular formula is C22H21BrN2O5. The van der Waals surface area contributed by atoms with E-state index in [-0.39, 0.29) is 5.57 Å². The van der Waals surface area contributed by atoms with Gasteiger partial charge >= 0.3 is 6.03 Å². The number of halogens is 1. The van der Waals surface area contributed by atoms with Crippen molar-refractivity contribution in [3.05, 3.63) is 57.6 Å². The summed E-state index contributed by atoms with van der Waals surface area (Å²) >= 11 is 3.45. The number of benzene rings is 2. The van der Waals surface area contributed by atoms with E-state index in [1.54, 1.807) is 36.4 Å². The van der Waals surface area contributed by atoms with Gasteiger partial charge in [0.1, 0.15) is 5.57 Å². The van der Waals surface area contributed by atoms with Crippen LogP contribution < -0.4 is 19.7 Å². The summed E-state index contributed by atoms with van der Waals surface area (Å²) < 4.78 is 11.8. The second-order valence-electron chi connectivity index (χ2n) is 6.48. The Morgan fingerprint density at radius 3 is 2.20 bits per heavy atom. The Morgan fingerprint density at radius 2 is 1.60 bits per heavy atom. The molecule has 7 nitrogen and oxygen atoms in total. The molecule has 156 valence electrons. The van der Waals surface area contributed by atoms with Crippen LogP contribution in [0.2, 0.25) is 0 Å². The van der Waals surface area contributed by atoms with Crippen LogP contribution in [0.15, 0.2) is 46.4 Å². The van der Waals surface area contributed by atoms with Crippen LogP contribution in [0.4, 0.5) is 10.5 Å². The van der Waals surface area contributed by atoms with Crippen LogP contribution >= 0.6 is 15.9 Å². The molecule has 1 aliphatic rings. The van der Waals surface area contributed by atoms with Gasteiger partial charge in [0.05, 0.1) is 18.9 Å². The predicted octanol–water partition coefficient (Wildman–Crippen LogP) is 4.22. The number of rotatable bonds is 6. The van der Waals surface area contributed by atoms with Gasteiger partial charge in [-0.1, -0.05) is 33.6 Å². The molecule has 0 spiro atoms. The number of nitrogens with zero attached hydrogens (tertiary/aromatic N) is 1. The Bertz CT molecular complexity index is 1030. The fourth-order valence-electron chi connectivity index (χ4n) is 2.94. The first-order valence-corrected chi connectivity index (χ1v) is 10.2. The first-order chi connectivity index (χ1) is 14.3. The Kier molecular flexibility index (Phi) is 6.56. The lowest BCUT2D eigenvalue weighted by Crippen LogP contribution is -2.54. The highest BCUT2D eigenvalue weighted by atomic mass is 79.9. The Morgan fingerprint density at radius 1 is 1.00 bits per heavy atom. The molecule has 1 heterocycles. The minimum atomic E-state index is -0.785. The molecule has 1 fully saturated rings. The van der Waals surface area contributed by atoms with E-state index >= 15 is 0 Å². The van der Waals surface area contributed by atoms with Crippen LogP contribution in [0.5, 0.6) is 11.5 Å². The topological polar surface area (TPSA) is 84.9 Å². The van der Waals surface area contributed by atoms with Gasteiger partial charge in [0.15, 0.2) is 11.5 Å². The van der Waals surface area contributed by atoms with E-state index in [2.05, 4.69) is 21.2 Å². The van der Waals surface area contributed by atoms with E-state index < -0.39 is 17.8 Å². The molecule has 1 N–H and O–H groups in total. The molecule has 0 radical (unpaired) electrons. The van der Waals surface area contributed by atoms with Gasteiger partial charge in [-0.2, -0.15) is 0 Å². The number of imide groups is 2. The fraction of sp³-hybridized carbons (Fsp3) is 0.227. The molecule has 0 bridgehead atoms. The van der Waals surface area contributed by atoms with Gasteiger partial charge in [-0.25, -0.2) is 9.69 Å². The molecule has 8 heteroatoms. The van der Waals surface area contributed by atoms with E-state index in [1.807, 2.05) is 20.8 Å². The number of hydrogen-bond donors (Lipinski definition) is 1. The van der Waals surface area contributed by atoms with Gasteiger partial charge in [-0.05, 0) is 56.7 Å². The van der Waals surface area contributed by atoms with Crippen molar-refractivity contribution >= 4 is 45.5 Å². The minimum Gasteiger partial charge on any atom is -0.490 e. The van der Waals surface area contributed by atoms with Crippen molar-refractivity contribution in [1.82, 2.24) is 5.32 Å². The molecule has 0 aromatic heterocycles. The van der Waals surface area contributed by atoms with Gasteiger partial charge in [0.2, 0.25) is 0 Å². The van der Waals surface area contributed by atoms with Crippen LogP contribution in [0.3, 0.4) is 0 Å².